The van der Waals surface area contributed by atoms with Crippen LogP contribution in [0, 0.1) is 13.8 Å². The van der Waals surface area contributed by atoms with Gasteiger partial charge in [-0.25, -0.2) is 0 Å². The highest BCUT2D eigenvalue weighted by atomic mass is 16.5. The molecule has 1 aromatic rings. The third-order valence-electron chi connectivity index (χ3n) is 4.70. The van der Waals surface area contributed by atoms with E-state index in [0.29, 0.717) is 6.04 Å². The van der Waals surface area contributed by atoms with Gasteiger partial charge >= 0.3 is 0 Å². The predicted octanol–water partition coefficient (Wildman–Crippen LogP) is 1.50. The predicted molar refractivity (Wildman–Crippen MR) is 100 cm³/mol. The van der Waals surface area contributed by atoms with E-state index < -0.39 is 0 Å². The van der Waals surface area contributed by atoms with E-state index in [-0.39, 0.29) is 0 Å². The van der Waals surface area contributed by atoms with Gasteiger partial charge in [-0.1, -0.05) is 5.16 Å². The quantitative estimate of drug-likeness (QED) is 0.546. The summed E-state index contributed by atoms with van der Waals surface area (Å²) in [6, 6.07) is 0.482. The maximum atomic E-state index is 5.22. The molecule has 7 nitrogen and oxygen atoms in total. The summed E-state index contributed by atoms with van der Waals surface area (Å²) in [5.41, 5.74) is 2.14. The highest BCUT2D eigenvalue weighted by molar-refractivity contribution is 5.80. The molecular formula is C18H33N5O2. The van der Waals surface area contributed by atoms with Gasteiger partial charge in [-0.2, -0.15) is 0 Å². The summed E-state index contributed by atoms with van der Waals surface area (Å²) in [5.74, 6) is 1.80. The summed E-state index contributed by atoms with van der Waals surface area (Å²) in [6.45, 7) is 11.7. The van der Waals surface area contributed by atoms with E-state index in [2.05, 4.69) is 27.6 Å². The van der Waals surface area contributed by atoms with Crippen LogP contribution in [0.2, 0.25) is 0 Å². The second-order valence-corrected chi connectivity index (χ2v) is 6.57. The van der Waals surface area contributed by atoms with E-state index in [1.165, 1.54) is 5.56 Å². The number of piperidine rings is 1. The van der Waals surface area contributed by atoms with Crippen LogP contribution in [0.3, 0.4) is 0 Å². The standard InChI is InChI=1S/C18H33N5O2/c1-5-19-18(20-9-6-17-14(2)22-25-15(17)3)21-16-7-10-23(11-8-16)12-13-24-4/h16H,5-13H2,1-4H3,(H2,19,20,21). The van der Waals surface area contributed by atoms with Gasteiger partial charge in [-0.3, -0.25) is 4.99 Å². The zero-order valence-electron chi connectivity index (χ0n) is 16.1. The summed E-state index contributed by atoms with van der Waals surface area (Å²) in [4.78, 5) is 7.19. The second-order valence-electron chi connectivity index (χ2n) is 6.57. The van der Waals surface area contributed by atoms with Gasteiger partial charge < -0.3 is 24.8 Å². The highest BCUT2D eigenvalue weighted by Crippen LogP contribution is 2.13. The van der Waals surface area contributed by atoms with Crippen LogP contribution in [0.15, 0.2) is 9.52 Å². The van der Waals surface area contributed by atoms with Crippen molar-refractivity contribution in [3.63, 3.8) is 0 Å². The first-order chi connectivity index (χ1) is 12.1. The topological polar surface area (TPSA) is 74.9 Å². The molecule has 0 bridgehead atoms. The van der Waals surface area contributed by atoms with Gasteiger partial charge in [-0.05, 0) is 40.0 Å². The Balaban J connectivity index is 1.80. The zero-order chi connectivity index (χ0) is 18.1. The van der Waals surface area contributed by atoms with Crippen LogP contribution in [-0.4, -0.2) is 68.5 Å². The Hall–Kier alpha value is -1.60. The number of nitrogens with one attached hydrogen (secondary N) is 2. The molecule has 0 spiro atoms. The van der Waals surface area contributed by atoms with Gasteiger partial charge in [0.25, 0.3) is 0 Å². The van der Waals surface area contributed by atoms with Gasteiger partial charge in [0, 0.05) is 51.4 Å². The summed E-state index contributed by atoms with van der Waals surface area (Å²) in [6.07, 6.45) is 3.13. The number of aryl methyl sites for hydroxylation is 2. The number of methoxy groups -OCH3 is 1. The van der Waals surface area contributed by atoms with Crippen LogP contribution in [0.4, 0.5) is 0 Å². The Labute approximate surface area is 151 Å². The summed E-state index contributed by atoms with van der Waals surface area (Å²) >= 11 is 0. The number of rotatable bonds is 8. The second kappa shape index (κ2) is 10.4. The molecule has 1 aliphatic rings. The Bertz CT molecular complexity index is 516. The van der Waals surface area contributed by atoms with Crippen LogP contribution in [0.5, 0.6) is 0 Å². The lowest BCUT2D eigenvalue weighted by atomic mass is 10.1. The van der Waals surface area contributed by atoms with Crippen molar-refractivity contribution in [3.8, 4) is 0 Å². The van der Waals surface area contributed by atoms with E-state index in [1.54, 1.807) is 7.11 Å². The van der Waals surface area contributed by atoms with Crippen LogP contribution in [0.1, 0.15) is 36.8 Å². The number of aliphatic imine (C=N–C) groups is 1. The molecule has 0 aliphatic carbocycles. The largest absolute Gasteiger partial charge is 0.383 e. The molecule has 0 atom stereocenters. The molecule has 2 rings (SSSR count). The lowest BCUT2D eigenvalue weighted by molar-refractivity contribution is 0.128. The zero-order valence-corrected chi connectivity index (χ0v) is 16.1. The minimum absolute atomic E-state index is 0.482. The van der Waals surface area contributed by atoms with Crippen molar-refractivity contribution in [3.05, 3.63) is 17.0 Å². The fraction of sp³-hybridized carbons (Fsp3) is 0.778. The van der Waals surface area contributed by atoms with Gasteiger partial charge in [-0.15, -0.1) is 0 Å². The number of guanidine groups is 1. The number of aromatic nitrogens is 1. The Morgan fingerprint density at radius 2 is 2.12 bits per heavy atom. The van der Waals surface area contributed by atoms with Gasteiger partial charge in [0.15, 0.2) is 5.96 Å². The van der Waals surface area contributed by atoms with Crippen LogP contribution < -0.4 is 10.6 Å². The van der Waals surface area contributed by atoms with E-state index >= 15 is 0 Å². The summed E-state index contributed by atoms with van der Waals surface area (Å²) < 4.78 is 10.4. The summed E-state index contributed by atoms with van der Waals surface area (Å²) in [5, 5.41) is 10.9. The average molecular weight is 351 g/mol. The molecule has 2 heterocycles. The van der Waals surface area contributed by atoms with E-state index in [0.717, 1.165) is 76.0 Å². The molecule has 1 aliphatic heterocycles. The number of ether oxygens (including phenoxy) is 1. The van der Waals surface area contributed by atoms with Gasteiger partial charge in [0.05, 0.1) is 12.3 Å². The lowest BCUT2D eigenvalue weighted by Gasteiger charge is -2.32. The van der Waals surface area contributed by atoms with Crippen LogP contribution in [-0.2, 0) is 11.2 Å². The van der Waals surface area contributed by atoms with Crippen LogP contribution in [0.25, 0.3) is 0 Å². The molecular weight excluding hydrogens is 318 g/mol. The van der Waals surface area contributed by atoms with Crippen molar-refractivity contribution >= 4 is 5.96 Å². The Morgan fingerprint density at radius 1 is 1.36 bits per heavy atom. The lowest BCUT2D eigenvalue weighted by Crippen LogP contribution is -2.49. The normalized spacial score (nSPS) is 17.0. The molecule has 0 aromatic carbocycles. The Kier molecular flexibility index (Phi) is 8.21. The molecule has 7 heteroatoms. The first-order valence-corrected chi connectivity index (χ1v) is 9.32. The summed E-state index contributed by atoms with van der Waals surface area (Å²) in [7, 11) is 1.76. The first kappa shape index (κ1) is 19.7. The van der Waals surface area contributed by atoms with Gasteiger partial charge in [0.1, 0.15) is 5.76 Å². The fourth-order valence-electron chi connectivity index (χ4n) is 3.17. The van der Waals surface area contributed by atoms with Crippen molar-refractivity contribution in [2.75, 3.05) is 46.4 Å². The van der Waals surface area contributed by atoms with Crippen LogP contribution >= 0.6 is 0 Å². The number of hydrogen-bond acceptors (Lipinski definition) is 5. The molecule has 25 heavy (non-hydrogen) atoms. The maximum absolute atomic E-state index is 5.22. The minimum atomic E-state index is 0.482. The van der Waals surface area contributed by atoms with E-state index in [1.807, 2.05) is 13.8 Å². The van der Waals surface area contributed by atoms with Crippen molar-refractivity contribution < 1.29 is 9.26 Å². The molecule has 2 N–H and O–H groups in total. The molecule has 142 valence electrons. The van der Waals surface area contributed by atoms with Crippen molar-refractivity contribution in [1.29, 1.82) is 0 Å². The molecule has 0 amide bonds. The highest BCUT2D eigenvalue weighted by Gasteiger charge is 2.19. The molecule has 1 saturated heterocycles. The third kappa shape index (κ3) is 6.32. The van der Waals surface area contributed by atoms with E-state index in [9.17, 15) is 0 Å². The number of nitrogens with zero attached hydrogens (tertiary/aromatic N) is 3. The molecule has 0 saturated carbocycles. The minimum Gasteiger partial charge on any atom is -0.383 e. The van der Waals surface area contributed by atoms with Crippen molar-refractivity contribution in [2.45, 2.75) is 46.1 Å². The molecule has 0 radical (unpaired) electrons. The number of likely N-dealkylation sites (tertiary alicyclic amines) is 1. The molecule has 1 fully saturated rings. The molecule has 1 aromatic heterocycles. The smallest absolute Gasteiger partial charge is 0.191 e. The van der Waals surface area contributed by atoms with Gasteiger partial charge in [0.2, 0.25) is 0 Å². The monoisotopic (exact) mass is 351 g/mol. The fourth-order valence-corrected chi connectivity index (χ4v) is 3.17. The van der Waals surface area contributed by atoms with Crippen molar-refractivity contribution in [1.82, 2.24) is 20.7 Å². The Morgan fingerprint density at radius 3 is 2.72 bits per heavy atom. The maximum Gasteiger partial charge on any atom is 0.191 e. The molecule has 0 unspecified atom stereocenters. The average Bonchev–Trinajstić information content (AvgIpc) is 2.93. The number of hydrogen-bond donors (Lipinski definition) is 2. The third-order valence-corrected chi connectivity index (χ3v) is 4.70. The van der Waals surface area contributed by atoms with E-state index in [4.69, 9.17) is 14.3 Å². The van der Waals surface area contributed by atoms with Crippen molar-refractivity contribution in [2.24, 2.45) is 4.99 Å². The first-order valence-electron chi connectivity index (χ1n) is 9.32. The SMILES string of the molecule is CCNC(=NCCc1c(C)noc1C)NC1CCN(CCOC)CC1.